The monoisotopic (exact) mass is 113 g/mol. The Morgan fingerprint density at radius 1 is 1.38 bits per heavy atom. The summed E-state index contributed by atoms with van der Waals surface area (Å²) in [5, 5.41) is 8.91. The van der Waals surface area contributed by atoms with Crippen molar-refractivity contribution in [1.29, 1.82) is 0 Å². The Labute approximate surface area is 51.5 Å². The zero-order valence-electron chi connectivity index (χ0n) is 5.60. The van der Waals surface area contributed by atoms with Crippen LogP contribution in [-0.4, -0.2) is 18.6 Å². The van der Waals surface area contributed by atoms with Crippen LogP contribution in [0.2, 0.25) is 0 Å². The van der Waals surface area contributed by atoms with Crippen molar-refractivity contribution in [3.8, 4) is 0 Å². The summed E-state index contributed by atoms with van der Waals surface area (Å²) in [7, 11) is 5.15. The molecule has 0 rings (SSSR count). The van der Waals surface area contributed by atoms with E-state index in [1.54, 1.807) is 20.8 Å². The molecule has 0 aliphatic rings. The van der Waals surface area contributed by atoms with E-state index in [0.717, 1.165) is 0 Å². The van der Waals surface area contributed by atoms with Gasteiger partial charge < -0.3 is 10.8 Å². The number of rotatable bonds is 0. The van der Waals surface area contributed by atoms with Crippen LogP contribution in [0, 0.1) is 5.41 Å². The fourth-order valence-corrected chi connectivity index (χ4v) is 0. The van der Waals surface area contributed by atoms with E-state index in [2.05, 4.69) is 0 Å². The normalized spacial score (nSPS) is 20.1. The van der Waals surface area contributed by atoms with Crippen LogP contribution in [0.25, 0.3) is 0 Å². The van der Waals surface area contributed by atoms with Crippen LogP contribution in [0.5, 0.6) is 0 Å². The first-order chi connectivity index (χ1) is 3.25. The van der Waals surface area contributed by atoms with Crippen LogP contribution in [0.15, 0.2) is 0 Å². The van der Waals surface area contributed by atoms with E-state index >= 15 is 0 Å². The molecule has 0 saturated carbocycles. The van der Waals surface area contributed by atoms with Crippen molar-refractivity contribution in [3.05, 3.63) is 0 Å². The van der Waals surface area contributed by atoms with E-state index in [9.17, 15) is 0 Å². The Morgan fingerprint density at radius 2 is 1.50 bits per heavy atom. The third-order valence-corrected chi connectivity index (χ3v) is 1.20. The summed E-state index contributed by atoms with van der Waals surface area (Å²) >= 11 is 0. The van der Waals surface area contributed by atoms with Gasteiger partial charge in [0.1, 0.15) is 7.85 Å². The summed E-state index contributed by atoms with van der Waals surface area (Å²) in [5.41, 5.74) is 3.13. The minimum absolute atomic E-state index is 0.451. The lowest BCUT2D eigenvalue weighted by Crippen LogP contribution is -2.51. The lowest BCUT2D eigenvalue weighted by molar-refractivity contribution is 0.0253. The average Bonchev–Trinajstić information content (AvgIpc) is 1.25. The van der Waals surface area contributed by atoms with Crippen molar-refractivity contribution in [2.75, 3.05) is 0 Å². The van der Waals surface area contributed by atoms with Crippen LogP contribution < -0.4 is 5.73 Å². The van der Waals surface area contributed by atoms with Crippen LogP contribution >= 0.6 is 0 Å². The van der Waals surface area contributed by atoms with Gasteiger partial charge in [-0.15, -0.1) is 0 Å². The summed E-state index contributed by atoms with van der Waals surface area (Å²) in [5.74, 6) is 0. The fourth-order valence-electron chi connectivity index (χ4n) is 0. The number of hydrogen-bond acceptors (Lipinski definition) is 2. The van der Waals surface area contributed by atoms with Crippen LogP contribution in [0.1, 0.15) is 20.8 Å². The van der Waals surface area contributed by atoms with E-state index in [1.165, 1.54) is 0 Å². The van der Waals surface area contributed by atoms with Crippen molar-refractivity contribution in [2.24, 2.45) is 11.1 Å². The van der Waals surface area contributed by atoms with Crippen molar-refractivity contribution >= 4 is 7.85 Å². The lowest BCUT2D eigenvalue weighted by atomic mass is 9.71. The molecule has 0 amide bonds. The minimum Gasteiger partial charge on any atom is -0.385 e. The van der Waals surface area contributed by atoms with Gasteiger partial charge in [-0.3, -0.25) is 0 Å². The third kappa shape index (κ3) is 1.84. The van der Waals surface area contributed by atoms with Crippen LogP contribution in [0.4, 0.5) is 0 Å². The maximum atomic E-state index is 8.91. The Bertz CT molecular complexity index is 67.4. The van der Waals surface area contributed by atoms with Gasteiger partial charge in [0.25, 0.3) is 0 Å². The zero-order chi connectivity index (χ0) is 7.00. The molecule has 1 unspecified atom stereocenters. The largest absolute Gasteiger partial charge is 0.385 e. The molecule has 0 spiro atoms. The molecule has 0 aromatic carbocycles. The van der Waals surface area contributed by atoms with Crippen molar-refractivity contribution in [3.63, 3.8) is 0 Å². The molecule has 0 aliphatic heterocycles. The Balaban J connectivity index is 4.02. The molecule has 3 heteroatoms. The maximum Gasteiger partial charge on any atom is 0.135 e. The molecule has 2 nitrogen and oxygen atoms in total. The van der Waals surface area contributed by atoms with Gasteiger partial charge in [0.05, 0.1) is 5.62 Å². The second-order valence-corrected chi connectivity index (χ2v) is 3.08. The van der Waals surface area contributed by atoms with Gasteiger partial charge in [0.15, 0.2) is 0 Å². The van der Waals surface area contributed by atoms with Gasteiger partial charge in [0, 0.05) is 0 Å². The minimum atomic E-state index is -1.56. The SMILES string of the molecule is [B]C(N)(O)C(C)(C)C. The van der Waals surface area contributed by atoms with Crippen LogP contribution in [-0.2, 0) is 0 Å². The number of aliphatic hydroxyl groups is 1. The molecule has 0 aromatic rings. The van der Waals surface area contributed by atoms with Gasteiger partial charge in [-0.2, -0.15) is 0 Å². The smallest absolute Gasteiger partial charge is 0.135 e. The van der Waals surface area contributed by atoms with Crippen molar-refractivity contribution < 1.29 is 5.11 Å². The molecule has 0 saturated heterocycles. The van der Waals surface area contributed by atoms with Gasteiger partial charge in [-0.25, -0.2) is 0 Å². The number of hydrogen-bond donors (Lipinski definition) is 2. The molecule has 1 atom stereocenters. The summed E-state index contributed by atoms with van der Waals surface area (Å²) < 4.78 is 0. The molecule has 0 aliphatic carbocycles. The van der Waals surface area contributed by atoms with Crippen molar-refractivity contribution in [1.82, 2.24) is 0 Å². The summed E-state index contributed by atoms with van der Waals surface area (Å²) in [6.07, 6.45) is 0. The molecule has 2 radical (unpaired) electrons. The average molecular weight is 113 g/mol. The van der Waals surface area contributed by atoms with Gasteiger partial charge in [0.2, 0.25) is 0 Å². The quantitative estimate of drug-likeness (QED) is 0.337. The van der Waals surface area contributed by atoms with E-state index in [-0.39, 0.29) is 0 Å². The first-order valence-corrected chi connectivity index (χ1v) is 2.55. The van der Waals surface area contributed by atoms with Gasteiger partial charge >= 0.3 is 0 Å². The molecule has 0 fully saturated rings. The highest BCUT2D eigenvalue weighted by atomic mass is 16.3. The highest BCUT2D eigenvalue weighted by molar-refractivity contribution is 6.14. The van der Waals surface area contributed by atoms with E-state index in [1.807, 2.05) is 0 Å². The van der Waals surface area contributed by atoms with E-state index < -0.39 is 11.0 Å². The maximum absolute atomic E-state index is 8.91. The highest BCUT2D eigenvalue weighted by Crippen LogP contribution is 2.21. The topological polar surface area (TPSA) is 46.2 Å². The van der Waals surface area contributed by atoms with Crippen molar-refractivity contribution in [2.45, 2.75) is 26.4 Å². The summed E-state index contributed by atoms with van der Waals surface area (Å²) in [4.78, 5) is 0. The standard InChI is InChI=1S/C5H12BNO/c1-4(2,3)5(6,7)8/h8H,7H2,1-3H3. The first-order valence-electron chi connectivity index (χ1n) is 2.55. The molecule has 46 valence electrons. The summed E-state index contributed by atoms with van der Waals surface area (Å²) in [6, 6.07) is 0. The molecular weight excluding hydrogens is 101 g/mol. The Morgan fingerprint density at radius 3 is 1.50 bits per heavy atom. The number of nitrogens with two attached hydrogens (primary N) is 1. The summed E-state index contributed by atoms with van der Waals surface area (Å²) in [6.45, 7) is 5.31. The third-order valence-electron chi connectivity index (χ3n) is 1.20. The molecule has 0 bridgehead atoms. The molecule has 3 N–H and O–H groups in total. The fraction of sp³-hybridized carbons (Fsp3) is 1.00. The Hall–Kier alpha value is -0.0151. The lowest BCUT2D eigenvalue weighted by Gasteiger charge is -2.33. The van der Waals surface area contributed by atoms with E-state index in [4.69, 9.17) is 18.7 Å². The van der Waals surface area contributed by atoms with E-state index in [0.29, 0.717) is 0 Å². The molecule has 0 aromatic heterocycles. The predicted octanol–water partition coefficient (Wildman–Crippen LogP) is -0.194. The highest BCUT2D eigenvalue weighted by Gasteiger charge is 2.29. The van der Waals surface area contributed by atoms with Gasteiger partial charge in [-0.1, -0.05) is 20.8 Å². The predicted molar refractivity (Wildman–Crippen MR) is 34.3 cm³/mol. The zero-order valence-corrected chi connectivity index (χ0v) is 5.60. The second-order valence-electron chi connectivity index (χ2n) is 3.08. The Kier molecular flexibility index (Phi) is 1.74. The molecular formula is C5H12BNO. The molecule has 8 heavy (non-hydrogen) atoms. The second kappa shape index (κ2) is 1.74. The van der Waals surface area contributed by atoms with Crippen LogP contribution in [0.3, 0.4) is 0 Å². The molecule has 0 heterocycles. The van der Waals surface area contributed by atoms with Gasteiger partial charge in [-0.05, 0) is 5.41 Å². The first kappa shape index (κ1) is 7.98.